The molecular weight excluding hydrogens is 176 g/mol. The fraction of sp³-hybridized carbons (Fsp3) is 0.364. The van der Waals surface area contributed by atoms with Crippen LogP contribution in [0.15, 0.2) is 24.3 Å². The maximum atomic E-state index is 11.4. The zero-order chi connectivity index (χ0) is 10.6. The van der Waals surface area contributed by atoms with Gasteiger partial charge in [0, 0.05) is 18.2 Å². The highest BCUT2D eigenvalue weighted by atomic mass is 16.1. The number of carbonyl (C=O) groups is 1. The number of hydrogen-bond acceptors (Lipinski definition) is 2. The Morgan fingerprint density at radius 1 is 1.43 bits per heavy atom. The molecule has 1 rings (SSSR count). The van der Waals surface area contributed by atoms with E-state index in [1.165, 1.54) is 5.56 Å². The molecule has 0 aliphatic heterocycles. The third kappa shape index (κ3) is 2.85. The van der Waals surface area contributed by atoms with Crippen LogP contribution in [0.3, 0.4) is 0 Å². The Morgan fingerprint density at radius 3 is 2.50 bits per heavy atom. The maximum absolute atomic E-state index is 11.4. The Balaban J connectivity index is 2.60. The second-order valence-corrected chi connectivity index (χ2v) is 3.49. The summed E-state index contributed by atoms with van der Waals surface area (Å²) in [6.45, 7) is 4.19. The Kier molecular flexibility index (Phi) is 3.65. The predicted octanol–water partition coefficient (Wildman–Crippen LogP) is 1.53. The van der Waals surface area contributed by atoms with Crippen LogP contribution in [0.1, 0.15) is 12.5 Å². The second-order valence-electron chi connectivity index (χ2n) is 3.49. The van der Waals surface area contributed by atoms with Crippen LogP contribution >= 0.6 is 0 Å². The van der Waals surface area contributed by atoms with Gasteiger partial charge in [-0.05, 0) is 19.1 Å². The summed E-state index contributed by atoms with van der Waals surface area (Å²) in [6.07, 6.45) is 0. The van der Waals surface area contributed by atoms with Crippen molar-refractivity contribution in [1.82, 2.24) is 0 Å². The summed E-state index contributed by atoms with van der Waals surface area (Å²) in [5, 5.41) is 2.80. The molecule has 76 valence electrons. The smallest absolute Gasteiger partial charge is 0.228 e. The SMILES string of the molecule is Cc1ccc(NC(=O)C(C)CN)cc1. The van der Waals surface area contributed by atoms with Crippen molar-refractivity contribution in [1.29, 1.82) is 0 Å². The van der Waals surface area contributed by atoms with Crippen molar-refractivity contribution in [3.63, 3.8) is 0 Å². The Labute approximate surface area is 84.3 Å². The van der Waals surface area contributed by atoms with E-state index >= 15 is 0 Å². The third-order valence-corrected chi connectivity index (χ3v) is 2.12. The van der Waals surface area contributed by atoms with E-state index in [1.807, 2.05) is 38.1 Å². The molecule has 0 saturated carbocycles. The van der Waals surface area contributed by atoms with Crippen molar-refractivity contribution in [2.24, 2.45) is 11.7 Å². The minimum atomic E-state index is -0.142. The highest BCUT2D eigenvalue weighted by molar-refractivity contribution is 5.92. The number of amides is 1. The van der Waals surface area contributed by atoms with E-state index in [9.17, 15) is 4.79 Å². The molecule has 1 atom stereocenters. The summed E-state index contributed by atoms with van der Waals surface area (Å²) in [4.78, 5) is 11.4. The summed E-state index contributed by atoms with van der Waals surface area (Å²) in [5.74, 6) is -0.173. The average Bonchev–Trinajstić information content (AvgIpc) is 2.20. The van der Waals surface area contributed by atoms with E-state index in [0.717, 1.165) is 5.69 Å². The fourth-order valence-electron chi connectivity index (χ4n) is 1.01. The standard InChI is InChI=1S/C11H16N2O/c1-8-3-5-10(6-4-8)13-11(14)9(2)7-12/h3-6,9H,7,12H2,1-2H3,(H,13,14). The molecule has 0 aliphatic rings. The summed E-state index contributed by atoms with van der Waals surface area (Å²) in [6, 6.07) is 7.69. The molecule has 0 radical (unpaired) electrons. The molecule has 0 heterocycles. The molecule has 0 fully saturated rings. The molecule has 3 heteroatoms. The van der Waals surface area contributed by atoms with Crippen LogP contribution in [-0.4, -0.2) is 12.5 Å². The van der Waals surface area contributed by atoms with Gasteiger partial charge in [0.25, 0.3) is 0 Å². The molecule has 14 heavy (non-hydrogen) atoms. The van der Waals surface area contributed by atoms with E-state index in [4.69, 9.17) is 5.73 Å². The van der Waals surface area contributed by atoms with E-state index in [2.05, 4.69) is 5.32 Å². The van der Waals surface area contributed by atoms with Gasteiger partial charge >= 0.3 is 0 Å². The molecule has 1 aromatic rings. The molecule has 3 nitrogen and oxygen atoms in total. The summed E-state index contributed by atoms with van der Waals surface area (Å²) in [5.41, 5.74) is 7.39. The molecule has 0 bridgehead atoms. The largest absolute Gasteiger partial charge is 0.330 e. The van der Waals surface area contributed by atoms with Crippen molar-refractivity contribution in [3.8, 4) is 0 Å². The second kappa shape index (κ2) is 4.77. The Morgan fingerprint density at radius 2 is 2.00 bits per heavy atom. The number of nitrogens with two attached hydrogens (primary N) is 1. The zero-order valence-corrected chi connectivity index (χ0v) is 8.58. The van der Waals surface area contributed by atoms with Crippen LogP contribution in [0.5, 0.6) is 0 Å². The molecular formula is C11H16N2O. The van der Waals surface area contributed by atoms with Crippen LogP contribution in [0.2, 0.25) is 0 Å². The summed E-state index contributed by atoms with van der Waals surface area (Å²) in [7, 11) is 0. The number of anilines is 1. The first-order valence-electron chi connectivity index (χ1n) is 4.71. The van der Waals surface area contributed by atoms with Crippen molar-refractivity contribution in [2.45, 2.75) is 13.8 Å². The van der Waals surface area contributed by atoms with Crippen molar-refractivity contribution >= 4 is 11.6 Å². The van der Waals surface area contributed by atoms with E-state index in [0.29, 0.717) is 6.54 Å². The minimum Gasteiger partial charge on any atom is -0.330 e. The number of nitrogens with one attached hydrogen (secondary N) is 1. The van der Waals surface area contributed by atoms with Crippen LogP contribution < -0.4 is 11.1 Å². The fourth-order valence-corrected chi connectivity index (χ4v) is 1.01. The van der Waals surface area contributed by atoms with Gasteiger partial charge in [-0.3, -0.25) is 4.79 Å². The van der Waals surface area contributed by atoms with Crippen LogP contribution in [-0.2, 0) is 4.79 Å². The van der Waals surface area contributed by atoms with Crippen molar-refractivity contribution < 1.29 is 4.79 Å². The van der Waals surface area contributed by atoms with Gasteiger partial charge in [-0.1, -0.05) is 24.6 Å². The van der Waals surface area contributed by atoms with E-state index < -0.39 is 0 Å². The van der Waals surface area contributed by atoms with Gasteiger partial charge in [0.15, 0.2) is 0 Å². The van der Waals surface area contributed by atoms with Gasteiger partial charge in [0.1, 0.15) is 0 Å². The van der Waals surface area contributed by atoms with Gasteiger partial charge in [-0.2, -0.15) is 0 Å². The van der Waals surface area contributed by atoms with Gasteiger partial charge < -0.3 is 11.1 Å². The van der Waals surface area contributed by atoms with E-state index in [1.54, 1.807) is 0 Å². The van der Waals surface area contributed by atoms with Crippen molar-refractivity contribution in [3.05, 3.63) is 29.8 Å². The Bertz CT molecular complexity index is 306. The van der Waals surface area contributed by atoms with E-state index in [-0.39, 0.29) is 11.8 Å². The lowest BCUT2D eigenvalue weighted by Crippen LogP contribution is -2.26. The molecule has 0 saturated heterocycles. The molecule has 0 aromatic heterocycles. The Hall–Kier alpha value is -1.35. The first kappa shape index (κ1) is 10.7. The molecule has 1 unspecified atom stereocenters. The highest BCUT2D eigenvalue weighted by Crippen LogP contribution is 2.09. The highest BCUT2D eigenvalue weighted by Gasteiger charge is 2.09. The lowest BCUT2D eigenvalue weighted by molar-refractivity contribution is -0.119. The number of aryl methyl sites for hydroxylation is 1. The minimum absolute atomic E-state index is 0.0312. The molecule has 0 aliphatic carbocycles. The normalized spacial score (nSPS) is 12.2. The zero-order valence-electron chi connectivity index (χ0n) is 8.58. The maximum Gasteiger partial charge on any atom is 0.228 e. The van der Waals surface area contributed by atoms with Crippen LogP contribution in [0.25, 0.3) is 0 Å². The lowest BCUT2D eigenvalue weighted by atomic mass is 10.1. The van der Waals surface area contributed by atoms with Crippen molar-refractivity contribution in [2.75, 3.05) is 11.9 Å². The number of hydrogen-bond donors (Lipinski definition) is 2. The molecule has 0 spiro atoms. The lowest BCUT2D eigenvalue weighted by Gasteiger charge is -2.09. The van der Waals surface area contributed by atoms with Gasteiger partial charge in [0.05, 0.1) is 0 Å². The van der Waals surface area contributed by atoms with Crippen LogP contribution in [0.4, 0.5) is 5.69 Å². The quantitative estimate of drug-likeness (QED) is 0.763. The van der Waals surface area contributed by atoms with Gasteiger partial charge in [-0.15, -0.1) is 0 Å². The number of benzene rings is 1. The number of carbonyl (C=O) groups excluding carboxylic acids is 1. The topological polar surface area (TPSA) is 55.1 Å². The first-order valence-corrected chi connectivity index (χ1v) is 4.71. The third-order valence-electron chi connectivity index (χ3n) is 2.12. The molecule has 3 N–H and O–H groups in total. The van der Waals surface area contributed by atoms with Gasteiger partial charge in [0.2, 0.25) is 5.91 Å². The molecule has 1 aromatic carbocycles. The van der Waals surface area contributed by atoms with Crippen LogP contribution in [0, 0.1) is 12.8 Å². The monoisotopic (exact) mass is 192 g/mol. The van der Waals surface area contributed by atoms with Gasteiger partial charge in [-0.25, -0.2) is 0 Å². The average molecular weight is 192 g/mol. The summed E-state index contributed by atoms with van der Waals surface area (Å²) < 4.78 is 0. The number of rotatable bonds is 3. The predicted molar refractivity (Wildman–Crippen MR) is 58.0 cm³/mol. The summed E-state index contributed by atoms with van der Waals surface area (Å²) >= 11 is 0. The molecule has 1 amide bonds. The first-order chi connectivity index (χ1) is 6.63.